The summed E-state index contributed by atoms with van der Waals surface area (Å²) in [5, 5.41) is 0. The largest absolute Gasteiger partial charge is 0.299 e. The van der Waals surface area contributed by atoms with Crippen molar-refractivity contribution in [1.82, 2.24) is 0 Å². The molecular weight excluding hydrogens is 208 g/mol. The molecule has 0 heterocycles. The van der Waals surface area contributed by atoms with Gasteiger partial charge in [-0.1, -0.05) is 37.1 Å². The summed E-state index contributed by atoms with van der Waals surface area (Å²) in [6.45, 7) is 10.3. The number of rotatable bonds is 4. The van der Waals surface area contributed by atoms with Gasteiger partial charge in [-0.25, -0.2) is 0 Å². The van der Waals surface area contributed by atoms with Crippen molar-refractivity contribution in [2.75, 3.05) is 0 Å². The van der Waals surface area contributed by atoms with Gasteiger partial charge in [-0.05, 0) is 52.4 Å². The number of carbonyl (C=O) groups is 1. The zero-order valence-electron chi connectivity index (χ0n) is 12.0. The van der Waals surface area contributed by atoms with E-state index >= 15 is 0 Å². The third-order valence-corrected chi connectivity index (χ3v) is 4.28. The van der Waals surface area contributed by atoms with E-state index in [1.807, 2.05) is 0 Å². The second-order valence-electron chi connectivity index (χ2n) is 5.91. The number of Topliss-reactive ketones (excluding diaryl/α,β-unsaturated/α-hetero) is 1. The first-order valence-electron chi connectivity index (χ1n) is 6.70. The Hall–Kier alpha value is -0.850. The third kappa shape index (κ3) is 3.55. The second-order valence-corrected chi connectivity index (χ2v) is 5.91. The summed E-state index contributed by atoms with van der Waals surface area (Å²) in [6, 6.07) is 0. The van der Waals surface area contributed by atoms with Crippen molar-refractivity contribution in [2.45, 2.75) is 60.3 Å². The minimum Gasteiger partial charge on any atom is -0.299 e. The molecule has 0 aliphatic heterocycles. The quantitative estimate of drug-likeness (QED) is 0.645. The lowest BCUT2D eigenvalue weighted by atomic mass is 9.67. The average Bonchev–Trinajstić information content (AvgIpc) is 2.22. The van der Waals surface area contributed by atoms with Crippen LogP contribution in [0.5, 0.6) is 0 Å². The number of ketones is 1. The maximum atomic E-state index is 11.7. The minimum atomic E-state index is -0.125. The molecule has 96 valence electrons. The Balaban J connectivity index is 2.63. The fourth-order valence-electron chi connectivity index (χ4n) is 2.52. The monoisotopic (exact) mass is 234 g/mol. The highest BCUT2D eigenvalue weighted by molar-refractivity contribution is 5.82. The molecule has 0 aromatic carbocycles. The molecule has 0 fully saturated rings. The summed E-state index contributed by atoms with van der Waals surface area (Å²) < 4.78 is 0. The van der Waals surface area contributed by atoms with Crippen LogP contribution in [-0.4, -0.2) is 5.78 Å². The Labute approximate surface area is 106 Å². The molecule has 1 aliphatic rings. The summed E-state index contributed by atoms with van der Waals surface area (Å²) in [5.74, 6) is 0.722. The summed E-state index contributed by atoms with van der Waals surface area (Å²) in [5.41, 5.74) is 2.80. The first-order chi connectivity index (χ1) is 7.86. The van der Waals surface area contributed by atoms with Gasteiger partial charge < -0.3 is 0 Å². The van der Waals surface area contributed by atoms with Gasteiger partial charge in [-0.3, -0.25) is 4.79 Å². The summed E-state index contributed by atoms with van der Waals surface area (Å²) >= 11 is 0. The van der Waals surface area contributed by atoms with E-state index < -0.39 is 0 Å². The molecule has 0 radical (unpaired) electrons. The van der Waals surface area contributed by atoms with Gasteiger partial charge in [0.1, 0.15) is 5.78 Å². The highest BCUT2D eigenvalue weighted by Crippen LogP contribution is 2.41. The molecule has 0 saturated heterocycles. The van der Waals surface area contributed by atoms with Gasteiger partial charge in [-0.2, -0.15) is 0 Å². The smallest absolute Gasteiger partial charge is 0.136 e. The van der Waals surface area contributed by atoms with E-state index in [2.05, 4.69) is 39.8 Å². The van der Waals surface area contributed by atoms with Crippen molar-refractivity contribution < 1.29 is 4.79 Å². The van der Waals surface area contributed by atoms with E-state index in [0.29, 0.717) is 11.7 Å². The molecule has 1 rings (SSSR count). The SMILES string of the molecule is CC(=O)[C@]1(C)CCC(CCC=C(C)C)=C[C@@H]1C. The molecule has 0 unspecified atom stereocenters. The molecule has 0 aromatic rings. The van der Waals surface area contributed by atoms with Gasteiger partial charge in [-0.15, -0.1) is 0 Å². The molecule has 17 heavy (non-hydrogen) atoms. The van der Waals surface area contributed by atoms with Crippen LogP contribution in [0.3, 0.4) is 0 Å². The highest BCUT2D eigenvalue weighted by Gasteiger charge is 2.37. The minimum absolute atomic E-state index is 0.125. The second kappa shape index (κ2) is 5.66. The normalized spacial score (nSPS) is 28.5. The molecule has 0 spiro atoms. The number of hydrogen-bond acceptors (Lipinski definition) is 1. The highest BCUT2D eigenvalue weighted by atomic mass is 16.1. The Kier molecular flexibility index (Phi) is 4.73. The van der Waals surface area contributed by atoms with Crippen LogP contribution in [0.1, 0.15) is 60.3 Å². The predicted octanol–water partition coefficient (Wildman–Crippen LogP) is 4.68. The fraction of sp³-hybridized carbons (Fsp3) is 0.688. The molecule has 0 amide bonds. The van der Waals surface area contributed by atoms with Crippen molar-refractivity contribution in [3.63, 3.8) is 0 Å². The van der Waals surface area contributed by atoms with Crippen LogP contribution >= 0.6 is 0 Å². The first kappa shape index (κ1) is 14.2. The number of carbonyl (C=O) groups excluding carboxylic acids is 1. The van der Waals surface area contributed by atoms with Crippen LogP contribution < -0.4 is 0 Å². The van der Waals surface area contributed by atoms with Crippen molar-refractivity contribution in [1.29, 1.82) is 0 Å². The number of allylic oxidation sites excluding steroid dienone is 4. The third-order valence-electron chi connectivity index (χ3n) is 4.28. The lowest BCUT2D eigenvalue weighted by Gasteiger charge is -2.36. The maximum absolute atomic E-state index is 11.7. The lowest BCUT2D eigenvalue weighted by Crippen LogP contribution is -2.34. The lowest BCUT2D eigenvalue weighted by molar-refractivity contribution is -0.128. The van der Waals surface area contributed by atoms with Gasteiger partial charge >= 0.3 is 0 Å². The van der Waals surface area contributed by atoms with E-state index in [1.54, 1.807) is 6.92 Å². The Morgan fingerprint density at radius 2 is 2.12 bits per heavy atom. The Morgan fingerprint density at radius 3 is 2.59 bits per heavy atom. The van der Waals surface area contributed by atoms with Crippen LogP contribution in [0.2, 0.25) is 0 Å². The van der Waals surface area contributed by atoms with Crippen LogP contribution in [0, 0.1) is 11.3 Å². The average molecular weight is 234 g/mol. The molecule has 2 atom stereocenters. The van der Waals surface area contributed by atoms with E-state index in [4.69, 9.17) is 0 Å². The van der Waals surface area contributed by atoms with E-state index in [0.717, 1.165) is 25.7 Å². The number of hydrogen-bond donors (Lipinski definition) is 0. The topological polar surface area (TPSA) is 17.1 Å². The molecular formula is C16H26O. The fourth-order valence-corrected chi connectivity index (χ4v) is 2.52. The standard InChI is InChI=1S/C16H26O/c1-12(2)7-6-8-15-9-10-16(5,14(4)17)13(3)11-15/h7,11,13H,6,8-10H2,1-5H3/t13-,16+/m0/s1. The predicted molar refractivity (Wildman–Crippen MR) is 73.9 cm³/mol. The van der Waals surface area contributed by atoms with Gasteiger partial charge in [0.15, 0.2) is 0 Å². The van der Waals surface area contributed by atoms with Crippen molar-refractivity contribution in [2.24, 2.45) is 11.3 Å². The Morgan fingerprint density at radius 1 is 1.47 bits per heavy atom. The van der Waals surface area contributed by atoms with Crippen LogP contribution in [0.4, 0.5) is 0 Å². The molecule has 0 saturated carbocycles. The molecule has 1 heteroatoms. The van der Waals surface area contributed by atoms with Crippen molar-refractivity contribution in [3.8, 4) is 0 Å². The molecule has 0 N–H and O–H groups in total. The summed E-state index contributed by atoms with van der Waals surface area (Å²) in [6.07, 6.45) is 9.04. The van der Waals surface area contributed by atoms with Gasteiger partial charge in [0.05, 0.1) is 0 Å². The zero-order valence-corrected chi connectivity index (χ0v) is 12.0. The van der Waals surface area contributed by atoms with Crippen molar-refractivity contribution >= 4 is 5.78 Å². The van der Waals surface area contributed by atoms with E-state index in [9.17, 15) is 4.79 Å². The summed E-state index contributed by atoms with van der Waals surface area (Å²) in [7, 11) is 0. The van der Waals surface area contributed by atoms with Crippen LogP contribution in [0.15, 0.2) is 23.3 Å². The van der Waals surface area contributed by atoms with E-state index in [1.165, 1.54) is 11.1 Å². The van der Waals surface area contributed by atoms with Crippen LogP contribution in [0.25, 0.3) is 0 Å². The molecule has 0 bridgehead atoms. The van der Waals surface area contributed by atoms with Gasteiger partial charge in [0.25, 0.3) is 0 Å². The van der Waals surface area contributed by atoms with Crippen molar-refractivity contribution in [3.05, 3.63) is 23.3 Å². The van der Waals surface area contributed by atoms with Gasteiger partial charge in [0.2, 0.25) is 0 Å². The van der Waals surface area contributed by atoms with Gasteiger partial charge in [0, 0.05) is 5.41 Å². The first-order valence-corrected chi connectivity index (χ1v) is 6.70. The Bertz CT molecular complexity index is 345. The zero-order chi connectivity index (χ0) is 13.1. The van der Waals surface area contributed by atoms with E-state index in [-0.39, 0.29) is 5.41 Å². The van der Waals surface area contributed by atoms with Crippen LogP contribution in [-0.2, 0) is 4.79 Å². The molecule has 0 aromatic heterocycles. The maximum Gasteiger partial charge on any atom is 0.136 e. The molecule has 1 nitrogen and oxygen atoms in total. The molecule has 1 aliphatic carbocycles. The summed E-state index contributed by atoms with van der Waals surface area (Å²) in [4.78, 5) is 11.7.